The molecule has 24 heavy (non-hydrogen) atoms. The summed E-state index contributed by atoms with van der Waals surface area (Å²) in [4.78, 5) is 17.1. The number of rotatable bonds is 5. The molecule has 0 bridgehead atoms. The summed E-state index contributed by atoms with van der Waals surface area (Å²) in [7, 11) is 0. The lowest BCUT2D eigenvalue weighted by Crippen LogP contribution is -2.42. The molecule has 1 saturated heterocycles. The molecule has 0 saturated carbocycles. The highest BCUT2D eigenvalue weighted by molar-refractivity contribution is 6.31. The van der Waals surface area contributed by atoms with Crippen LogP contribution in [0.1, 0.15) is 18.4 Å². The van der Waals surface area contributed by atoms with Gasteiger partial charge in [0.1, 0.15) is 5.82 Å². The van der Waals surface area contributed by atoms with Gasteiger partial charge in [-0.05, 0) is 36.6 Å². The molecule has 0 unspecified atom stereocenters. The third-order valence-electron chi connectivity index (χ3n) is 4.29. The van der Waals surface area contributed by atoms with Crippen LogP contribution in [0.5, 0.6) is 0 Å². The zero-order valence-electron chi connectivity index (χ0n) is 13.2. The number of nitro benzene ring substituents is 1. The molecule has 7 heteroatoms. The Labute approximate surface area is 145 Å². The van der Waals surface area contributed by atoms with Crippen molar-refractivity contribution >= 4 is 23.1 Å². The molecule has 1 N–H and O–H groups in total. The SMILES string of the molecule is O=[N+]([O-])c1ccc(Cl)c(CNC2CCN(c3ccccn3)CC2)c1. The van der Waals surface area contributed by atoms with Gasteiger partial charge in [0, 0.05) is 49.0 Å². The third kappa shape index (κ3) is 4.01. The predicted molar refractivity (Wildman–Crippen MR) is 94.4 cm³/mol. The largest absolute Gasteiger partial charge is 0.357 e. The predicted octanol–water partition coefficient (Wildman–Crippen LogP) is 3.40. The second kappa shape index (κ2) is 7.59. The first kappa shape index (κ1) is 16.7. The maximum Gasteiger partial charge on any atom is 0.269 e. The Morgan fingerprint density at radius 1 is 1.29 bits per heavy atom. The van der Waals surface area contributed by atoms with Gasteiger partial charge in [-0.25, -0.2) is 4.98 Å². The molecule has 6 nitrogen and oxygen atoms in total. The zero-order chi connectivity index (χ0) is 16.9. The fourth-order valence-electron chi connectivity index (χ4n) is 2.92. The number of halogens is 1. The number of aromatic nitrogens is 1. The fourth-order valence-corrected chi connectivity index (χ4v) is 3.10. The lowest BCUT2D eigenvalue weighted by atomic mass is 10.0. The van der Waals surface area contributed by atoms with Crippen LogP contribution in [0.4, 0.5) is 11.5 Å². The number of anilines is 1. The zero-order valence-corrected chi connectivity index (χ0v) is 13.9. The van der Waals surface area contributed by atoms with E-state index in [1.54, 1.807) is 12.1 Å². The Morgan fingerprint density at radius 3 is 2.75 bits per heavy atom. The van der Waals surface area contributed by atoms with Crippen LogP contribution in [0.15, 0.2) is 42.6 Å². The number of piperidine rings is 1. The van der Waals surface area contributed by atoms with Crippen molar-refractivity contribution in [3.8, 4) is 0 Å². The van der Waals surface area contributed by atoms with Crippen LogP contribution in [-0.2, 0) is 6.54 Å². The molecular formula is C17H19ClN4O2. The number of nitrogens with one attached hydrogen (secondary N) is 1. The van der Waals surface area contributed by atoms with Crippen molar-refractivity contribution in [2.24, 2.45) is 0 Å². The smallest absolute Gasteiger partial charge is 0.269 e. The molecule has 2 aromatic rings. The van der Waals surface area contributed by atoms with Crippen molar-refractivity contribution in [2.75, 3.05) is 18.0 Å². The first-order valence-electron chi connectivity index (χ1n) is 7.95. The first-order chi connectivity index (χ1) is 11.6. The van der Waals surface area contributed by atoms with Gasteiger partial charge in [-0.15, -0.1) is 0 Å². The van der Waals surface area contributed by atoms with Gasteiger partial charge >= 0.3 is 0 Å². The van der Waals surface area contributed by atoms with Gasteiger partial charge in [-0.2, -0.15) is 0 Å². The molecule has 2 heterocycles. The topological polar surface area (TPSA) is 71.3 Å². The Morgan fingerprint density at radius 2 is 2.08 bits per heavy atom. The van der Waals surface area contributed by atoms with Gasteiger partial charge in [0.2, 0.25) is 0 Å². The van der Waals surface area contributed by atoms with Crippen LogP contribution in [-0.4, -0.2) is 29.0 Å². The van der Waals surface area contributed by atoms with E-state index in [9.17, 15) is 10.1 Å². The minimum Gasteiger partial charge on any atom is -0.357 e. The molecule has 0 radical (unpaired) electrons. The summed E-state index contributed by atoms with van der Waals surface area (Å²) in [5.41, 5.74) is 0.833. The summed E-state index contributed by atoms with van der Waals surface area (Å²) in [6.45, 7) is 2.42. The molecule has 1 aliphatic rings. The van der Waals surface area contributed by atoms with Crippen molar-refractivity contribution < 1.29 is 4.92 Å². The maximum atomic E-state index is 10.9. The van der Waals surface area contributed by atoms with E-state index in [4.69, 9.17) is 11.6 Å². The summed E-state index contributed by atoms with van der Waals surface area (Å²) in [5.74, 6) is 1.01. The molecule has 0 spiro atoms. The van der Waals surface area contributed by atoms with E-state index in [0.29, 0.717) is 17.6 Å². The van der Waals surface area contributed by atoms with E-state index < -0.39 is 4.92 Å². The van der Waals surface area contributed by atoms with Crippen LogP contribution in [0.25, 0.3) is 0 Å². The molecule has 0 aliphatic carbocycles. The third-order valence-corrected chi connectivity index (χ3v) is 4.66. The summed E-state index contributed by atoms with van der Waals surface area (Å²) in [5, 5.41) is 14.9. The average molecular weight is 347 g/mol. The van der Waals surface area contributed by atoms with E-state index in [1.165, 1.54) is 6.07 Å². The van der Waals surface area contributed by atoms with Crippen LogP contribution >= 0.6 is 11.6 Å². The summed E-state index contributed by atoms with van der Waals surface area (Å²) >= 11 is 6.14. The van der Waals surface area contributed by atoms with E-state index in [0.717, 1.165) is 37.3 Å². The van der Waals surface area contributed by atoms with E-state index >= 15 is 0 Å². The molecule has 1 aromatic heterocycles. The highest BCUT2D eigenvalue weighted by Crippen LogP contribution is 2.23. The van der Waals surface area contributed by atoms with Gasteiger partial charge in [-0.1, -0.05) is 17.7 Å². The van der Waals surface area contributed by atoms with Crippen LogP contribution in [0.3, 0.4) is 0 Å². The van der Waals surface area contributed by atoms with Crippen molar-refractivity contribution in [1.82, 2.24) is 10.3 Å². The van der Waals surface area contributed by atoms with E-state index in [1.807, 2.05) is 24.4 Å². The number of benzene rings is 1. The first-order valence-corrected chi connectivity index (χ1v) is 8.33. The summed E-state index contributed by atoms with van der Waals surface area (Å²) in [6.07, 6.45) is 3.82. The maximum absolute atomic E-state index is 10.9. The molecule has 3 rings (SSSR count). The highest BCUT2D eigenvalue weighted by Gasteiger charge is 2.20. The number of nitro groups is 1. The van der Waals surface area contributed by atoms with Gasteiger partial charge in [0.15, 0.2) is 0 Å². The lowest BCUT2D eigenvalue weighted by Gasteiger charge is -2.33. The molecular weight excluding hydrogens is 328 g/mol. The second-order valence-corrected chi connectivity index (χ2v) is 6.27. The standard InChI is InChI=1S/C17H19ClN4O2/c18-16-5-4-15(22(23)24)11-13(16)12-20-14-6-9-21(10-7-14)17-3-1-2-8-19-17/h1-5,8,11,14,20H,6-7,9-10,12H2. The number of non-ortho nitro benzene ring substituents is 1. The van der Waals surface area contributed by atoms with Gasteiger partial charge < -0.3 is 10.2 Å². The molecule has 1 fully saturated rings. The van der Waals surface area contributed by atoms with E-state index in [2.05, 4.69) is 15.2 Å². The van der Waals surface area contributed by atoms with Crippen molar-refractivity contribution in [1.29, 1.82) is 0 Å². The van der Waals surface area contributed by atoms with Crippen molar-refractivity contribution in [2.45, 2.75) is 25.4 Å². The van der Waals surface area contributed by atoms with Crippen LogP contribution < -0.4 is 10.2 Å². The van der Waals surface area contributed by atoms with Crippen molar-refractivity contribution in [3.63, 3.8) is 0 Å². The Hall–Kier alpha value is -2.18. The minimum absolute atomic E-state index is 0.0705. The van der Waals surface area contributed by atoms with Gasteiger partial charge in [0.05, 0.1) is 4.92 Å². The summed E-state index contributed by atoms with van der Waals surface area (Å²) < 4.78 is 0. The fraction of sp³-hybridized carbons (Fsp3) is 0.353. The van der Waals surface area contributed by atoms with Gasteiger partial charge in [0.25, 0.3) is 5.69 Å². The number of pyridine rings is 1. The lowest BCUT2D eigenvalue weighted by molar-refractivity contribution is -0.384. The van der Waals surface area contributed by atoms with Gasteiger partial charge in [-0.3, -0.25) is 10.1 Å². The number of nitrogens with zero attached hydrogens (tertiary/aromatic N) is 3. The average Bonchev–Trinajstić information content (AvgIpc) is 2.62. The Bertz CT molecular complexity index is 703. The minimum atomic E-state index is -0.398. The highest BCUT2D eigenvalue weighted by atomic mass is 35.5. The molecule has 0 amide bonds. The number of hydrogen-bond donors (Lipinski definition) is 1. The Balaban J connectivity index is 1.54. The number of hydrogen-bond acceptors (Lipinski definition) is 5. The molecule has 126 valence electrons. The quantitative estimate of drug-likeness (QED) is 0.663. The monoisotopic (exact) mass is 346 g/mol. The molecule has 0 atom stereocenters. The Kier molecular flexibility index (Phi) is 5.27. The van der Waals surface area contributed by atoms with E-state index in [-0.39, 0.29) is 5.69 Å². The van der Waals surface area contributed by atoms with Crippen LogP contribution in [0.2, 0.25) is 5.02 Å². The molecule has 1 aromatic carbocycles. The summed E-state index contributed by atoms with van der Waals surface area (Å²) in [6, 6.07) is 10.9. The van der Waals surface area contributed by atoms with Crippen molar-refractivity contribution in [3.05, 3.63) is 63.3 Å². The molecule has 1 aliphatic heterocycles. The second-order valence-electron chi connectivity index (χ2n) is 5.86. The van der Waals surface area contributed by atoms with Crippen LogP contribution in [0, 0.1) is 10.1 Å². The normalized spacial score (nSPS) is 15.5.